The van der Waals surface area contributed by atoms with Crippen molar-refractivity contribution in [3.8, 4) is 0 Å². The van der Waals surface area contributed by atoms with Gasteiger partial charge in [0.1, 0.15) is 0 Å². The van der Waals surface area contributed by atoms with Gasteiger partial charge in [-0.05, 0) is 17.7 Å². The lowest BCUT2D eigenvalue weighted by atomic mass is 10.2. The highest BCUT2D eigenvalue weighted by Gasteiger charge is 2.22. The first-order valence-electron chi connectivity index (χ1n) is 4.68. The van der Waals surface area contributed by atoms with Crippen molar-refractivity contribution in [2.45, 2.75) is 6.54 Å². The Bertz CT molecular complexity index is 413. The molecule has 2 amide bonds. The molecule has 3 nitrogen and oxygen atoms in total. The number of hydrogen-bond donors (Lipinski definition) is 0. The Kier molecular flexibility index (Phi) is 2.72. The van der Waals surface area contributed by atoms with E-state index in [1.807, 2.05) is 0 Å². The van der Waals surface area contributed by atoms with Crippen molar-refractivity contribution in [3.05, 3.63) is 35.1 Å². The molecule has 1 aromatic rings. The molecule has 0 saturated carbocycles. The van der Waals surface area contributed by atoms with Crippen LogP contribution in [0.5, 0.6) is 0 Å². The molecular weight excluding hydrogens is 221 g/mol. The standard InChI is InChI=1S/C10H8F3N2O/c11-7-3-6(4-8(12)9(7)13)5-15-2-1-14-10(15)16/h3-4H,1-2,5H2. The summed E-state index contributed by atoms with van der Waals surface area (Å²) in [6.07, 6.45) is 0. The van der Waals surface area contributed by atoms with Crippen LogP contribution in [0.1, 0.15) is 5.56 Å². The number of rotatable bonds is 2. The molecule has 2 rings (SSSR count). The number of amides is 2. The third-order valence-corrected chi connectivity index (χ3v) is 2.30. The molecule has 0 N–H and O–H groups in total. The second-order valence-corrected chi connectivity index (χ2v) is 3.46. The number of halogens is 3. The Morgan fingerprint density at radius 2 is 1.88 bits per heavy atom. The maximum atomic E-state index is 12.9. The van der Waals surface area contributed by atoms with Gasteiger partial charge < -0.3 is 4.90 Å². The molecule has 1 heterocycles. The summed E-state index contributed by atoms with van der Waals surface area (Å²) in [5.74, 6) is -4.00. The van der Waals surface area contributed by atoms with Gasteiger partial charge >= 0.3 is 6.03 Å². The molecule has 6 heteroatoms. The van der Waals surface area contributed by atoms with E-state index in [2.05, 4.69) is 5.32 Å². The molecule has 0 unspecified atom stereocenters. The van der Waals surface area contributed by atoms with Crippen molar-refractivity contribution < 1.29 is 18.0 Å². The molecule has 16 heavy (non-hydrogen) atoms. The molecular formula is C10H8F3N2O. The van der Waals surface area contributed by atoms with E-state index in [1.54, 1.807) is 0 Å². The predicted octanol–water partition coefficient (Wildman–Crippen LogP) is 1.64. The number of hydrogen-bond acceptors (Lipinski definition) is 1. The van der Waals surface area contributed by atoms with Crippen LogP contribution in [0.25, 0.3) is 0 Å². The first-order chi connectivity index (χ1) is 7.58. The summed E-state index contributed by atoms with van der Waals surface area (Å²) in [6.45, 7) is 0.834. The molecule has 1 aliphatic heterocycles. The summed E-state index contributed by atoms with van der Waals surface area (Å²) in [5.41, 5.74) is 0.210. The summed E-state index contributed by atoms with van der Waals surface area (Å²) in [6, 6.07) is 1.35. The lowest BCUT2D eigenvalue weighted by Gasteiger charge is -2.13. The summed E-state index contributed by atoms with van der Waals surface area (Å²) < 4.78 is 38.4. The Morgan fingerprint density at radius 3 is 2.38 bits per heavy atom. The Labute approximate surface area is 89.9 Å². The fourth-order valence-electron chi connectivity index (χ4n) is 1.53. The number of benzene rings is 1. The van der Waals surface area contributed by atoms with E-state index in [4.69, 9.17) is 0 Å². The molecule has 1 aromatic carbocycles. The van der Waals surface area contributed by atoms with Gasteiger partial charge in [-0.15, -0.1) is 0 Å². The van der Waals surface area contributed by atoms with E-state index < -0.39 is 23.5 Å². The number of carbonyl (C=O) groups is 1. The third-order valence-electron chi connectivity index (χ3n) is 2.30. The summed E-state index contributed by atoms with van der Waals surface area (Å²) in [5, 5.41) is 3.60. The third kappa shape index (κ3) is 1.95. The number of nitrogens with zero attached hydrogens (tertiary/aromatic N) is 2. The minimum absolute atomic E-state index is 0.0381. The monoisotopic (exact) mass is 229 g/mol. The molecule has 0 spiro atoms. The average molecular weight is 229 g/mol. The van der Waals surface area contributed by atoms with E-state index in [1.165, 1.54) is 4.90 Å². The van der Waals surface area contributed by atoms with Crippen LogP contribution in [0.2, 0.25) is 0 Å². The second kappa shape index (κ2) is 4.03. The zero-order valence-electron chi connectivity index (χ0n) is 8.21. The predicted molar refractivity (Wildman–Crippen MR) is 49.1 cm³/mol. The Morgan fingerprint density at radius 1 is 1.25 bits per heavy atom. The van der Waals surface area contributed by atoms with Gasteiger partial charge in [0.2, 0.25) is 0 Å². The van der Waals surface area contributed by atoms with Gasteiger partial charge in [-0.1, -0.05) is 0 Å². The van der Waals surface area contributed by atoms with Gasteiger partial charge in [-0.3, -0.25) is 0 Å². The smallest absolute Gasteiger partial charge is 0.317 e. The van der Waals surface area contributed by atoms with Gasteiger partial charge in [0, 0.05) is 13.1 Å². The maximum Gasteiger partial charge on any atom is 0.339 e. The first-order valence-corrected chi connectivity index (χ1v) is 4.68. The van der Waals surface area contributed by atoms with Crippen LogP contribution in [0.15, 0.2) is 12.1 Å². The molecule has 1 fully saturated rings. The van der Waals surface area contributed by atoms with E-state index in [0.29, 0.717) is 13.1 Å². The molecule has 0 aliphatic carbocycles. The molecule has 1 aliphatic rings. The van der Waals surface area contributed by atoms with Crippen molar-refractivity contribution in [2.75, 3.05) is 13.1 Å². The summed E-state index contributed by atoms with van der Waals surface area (Å²) in [7, 11) is 0. The van der Waals surface area contributed by atoms with Crippen LogP contribution in [0, 0.1) is 17.5 Å². The van der Waals surface area contributed by atoms with Crippen LogP contribution < -0.4 is 5.32 Å². The molecule has 1 saturated heterocycles. The largest absolute Gasteiger partial charge is 0.339 e. The van der Waals surface area contributed by atoms with Gasteiger partial charge in [-0.25, -0.2) is 23.3 Å². The Balaban J connectivity index is 2.18. The van der Waals surface area contributed by atoms with Crippen LogP contribution >= 0.6 is 0 Å². The zero-order valence-corrected chi connectivity index (χ0v) is 8.21. The topological polar surface area (TPSA) is 34.4 Å². The fourth-order valence-corrected chi connectivity index (χ4v) is 1.53. The average Bonchev–Trinajstić information content (AvgIpc) is 2.61. The first kappa shape index (κ1) is 10.8. The highest BCUT2D eigenvalue weighted by atomic mass is 19.2. The molecule has 0 aromatic heterocycles. The molecule has 0 atom stereocenters. The zero-order chi connectivity index (χ0) is 11.7. The molecule has 85 valence electrons. The lowest BCUT2D eigenvalue weighted by molar-refractivity contribution is 0.215. The van der Waals surface area contributed by atoms with Crippen LogP contribution in [-0.4, -0.2) is 24.0 Å². The van der Waals surface area contributed by atoms with E-state index >= 15 is 0 Å². The van der Waals surface area contributed by atoms with Crippen molar-refractivity contribution >= 4 is 6.03 Å². The summed E-state index contributed by atoms with van der Waals surface area (Å²) in [4.78, 5) is 12.5. The van der Waals surface area contributed by atoms with Crippen LogP contribution in [0.4, 0.5) is 18.0 Å². The normalized spacial score (nSPS) is 15.4. The highest BCUT2D eigenvalue weighted by Crippen LogP contribution is 2.16. The highest BCUT2D eigenvalue weighted by molar-refractivity contribution is 5.75. The van der Waals surface area contributed by atoms with E-state index in [9.17, 15) is 18.0 Å². The van der Waals surface area contributed by atoms with Crippen LogP contribution in [-0.2, 0) is 6.54 Å². The minimum atomic E-state index is -1.50. The van der Waals surface area contributed by atoms with Crippen molar-refractivity contribution in [2.24, 2.45) is 0 Å². The van der Waals surface area contributed by atoms with E-state index in [0.717, 1.165) is 12.1 Å². The molecule has 1 radical (unpaired) electrons. The van der Waals surface area contributed by atoms with E-state index in [-0.39, 0.29) is 12.1 Å². The maximum absolute atomic E-state index is 12.9. The SMILES string of the molecule is O=C1[N]CCN1Cc1cc(F)c(F)c(F)c1. The lowest BCUT2D eigenvalue weighted by Crippen LogP contribution is -2.25. The van der Waals surface area contributed by atoms with Gasteiger partial charge in [0.25, 0.3) is 0 Å². The number of urea groups is 1. The summed E-state index contributed by atoms with van der Waals surface area (Å²) >= 11 is 0. The van der Waals surface area contributed by atoms with Crippen molar-refractivity contribution in [1.29, 1.82) is 0 Å². The Hall–Kier alpha value is -1.72. The quantitative estimate of drug-likeness (QED) is 0.710. The number of carbonyl (C=O) groups excluding carboxylic acids is 1. The van der Waals surface area contributed by atoms with Crippen LogP contribution in [0.3, 0.4) is 0 Å². The van der Waals surface area contributed by atoms with Gasteiger partial charge in [-0.2, -0.15) is 0 Å². The van der Waals surface area contributed by atoms with Crippen molar-refractivity contribution in [1.82, 2.24) is 10.2 Å². The molecule has 0 bridgehead atoms. The fraction of sp³-hybridized carbons (Fsp3) is 0.300. The van der Waals surface area contributed by atoms with Gasteiger partial charge in [0.05, 0.1) is 6.54 Å². The second-order valence-electron chi connectivity index (χ2n) is 3.46. The van der Waals surface area contributed by atoms with Gasteiger partial charge in [0.15, 0.2) is 17.5 Å². The van der Waals surface area contributed by atoms with Crippen molar-refractivity contribution in [3.63, 3.8) is 0 Å². The minimum Gasteiger partial charge on any atom is -0.317 e.